The van der Waals surface area contributed by atoms with Gasteiger partial charge in [0.2, 0.25) is 0 Å². The summed E-state index contributed by atoms with van der Waals surface area (Å²) < 4.78 is 11.7. The molecule has 4 aromatic rings. The Kier molecular flexibility index (Phi) is 4.14. The topological polar surface area (TPSA) is 42.7 Å². The van der Waals surface area contributed by atoms with E-state index in [9.17, 15) is 4.79 Å². The molecule has 1 atom stereocenters. The molecule has 1 aromatic heterocycles. The molecule has 5 rings (SSSR count). The van der Waals surface area contributed by atoms with Gasteiger partial charge in [0.15, 0.2) is 0 Å². The first-order valence-electron chi connectivity index (χ1n) is 9.58. The summed E-state index contributed by atoms with van der Waals surface area (Å²) in [7, 11) is 0. The van der Waals surface area contributed by atoms with E-state index in [2.05, 4.69) is 36.1 Å². The molecule has 2 heterocycles. The van der Waals surface area contributed by atoms with E-state index in [1.165, 1.54) is 5.56 Å². The summed E-state index contributed by atoms with van der Waals surface area (Å²) in [5.74, 6) is 1.18. The molecule has 140 valence electrons. The van der Waals surface area contributed by atoms with Gasteiger partial charge in [0.25, 0.3) is 0 Å². The van der Waals surface area contributed by atoms with Gasteiger partial charge in [-0.3, -0.25) is 4.90 Å². The smallest absolute Gasteiger partial charge is 0.344 e. The van der Waals surface area contributed by atoms with E-state index >= 15 is 0 Å². The Balaban J connectivity index is 1.53. The third-order valence-electron chi connectivity index (χ3n) is 5.53. The molecule has 3 aromatic carbocycles. The minimum Gasteiger partial charge on any atom is -0.478 e. The van der Waals surface area contributed by atoms with Crippen LogP contribution in [-0.4, -0.2) is 18.2 Å². The average molecular weight is 371 g/mol. The molecule has 28 heavy (non-hydrogen) atoms. The third kappa shape index (κ3) is 2.86. The highest BCUT2D eigenvalue weighted by molar-refractivity contribution is 6.05. The predicted octanol–water partition coefficient (Wildman–Crippen LogP) is 4.90. The van der Waals surface area contributed by atoms with Crippen LogP contribution < -0.4 is 10.4 Å². The molecule has 0 amide bonds. The zero-order valence-corrected chi connectivity index (χ0v) is 15.7. The van der Waals surface area contributed by atoms with E-state index in [1.54, 1.807) is 0 Å². The molecule has 1 aliphatic heterocycles. The molecular formula is C24H21NO3. The van der Waals surface area contributed by atoms with Crippen LogP contribution in [0.2, 0.25) is 0 Å². The van der Waals surface area contributed by atoms with Gasteiger partial charge in [-0.1, -0.05) is 55.5 Å². The molecule has 0 aliphatic carbocycles. The number of rotatable bonds is 3. The largest absolute Gasteiger partial charge is 0.478 e. The molecule has 0 bridgehead atoms. The standard InChI is InChI=1S/C24H21NO3/c1-16(17-7-3-2-4-8-17)13-25-14-21-22(27-15-25)12-11-19-18-9-5-6-10-20(18)24(26)28-23(19)21/h2-12,16H,13-15H2,1H3/t16-/m1/s1. The monoisotopic (exact) mass is 371 g/mol. The van der Waals surface area contributed by atoms with Gasteiger partial charge in [0, 0.05) is 18.5 Å². The summed E-state index contributed by atoms with van der Waals surface area (Å²) in [6, 6.07) is 22.1. The Morgan fingerprint density at radius 2 is 1.68 bits per heavy atom. The van der Waals surface area contributed by atoms with Crippen molar-refractivity contribution >= 4 is 21.7 Å². The number of nitrogens with zero attached hydrogens (tertiary/aromatic N) is 1. The minimum absolute atomic E-state index is 0.300. The summed E-state index contributed by atoms with van der Waals surface area (Å²) >= 11 is 0. The van der Waals surface area contributed by atoms with Gasteiger partial charge in [0.1, 0.15) is 18.1 Å². The Morgan fingerprint density at radius 1 is 0.929 bits per heavy atom. The van der Waals surface area contributed by atoms with Crippen molar-refractivity contribution in [1.82, 2.24) is 4.90 Å². The lowest BCUT2D eigenvalue weighted by Gasteiger charge is -2.31. The number of ether oxygens (including phenoxy) is 1. The lowest BCUT2D eigenvalue weighted by molar-refractivity contribution is 0.0909. The summed E-state index contributed by atoms with van der Waals surface area (Å²) in [5, 5.41) is 2.49. The van der Waals surface area contributed by atoms with Crippen LogP contribution in [0.4, 0.5) is 0 Å². The zero-order valence-electron chi connectivity index (χ0n) is 15.7. The van der Waals surface area contributed by atoms with Crippen LogP contribution in [0.3, 0.4) is 0 Å². The van der Waals surface area contributed by atoms with E-state index in [4.69, 9.17) is 9.15 Å². The second-order valence-corrected chi connectivity index (χ2v) is 7.45. The zero-order chi connectivity index (χ0) is 19.1. The third-order valence-corrected chi connectivity index (χ3v) is 5.53. The van der Waals surface area contributed by atoms with Crippen molar-refractivity contribution in [3.8, 4) is 5.75 Å². The molecule has 0 N–H and O–H groups in total. The molecule has 0 radical (unpaired) electrons. The summed E-state index contributed by atoms with van der Waals surface area (Å²) in [6.45, 7) is 4.33. The normalized spacial score (nSPS) is 15.3. The maximum Gasteiger partial charge on any atom is 0.344 e. The highest BCUT2D eigenvalue weighted by atomic mass is 16.5. The number of fused-ring (bicyclic) bond motifs is 5. The van der Waals surface area contributed by atoms with Gasteiger partial charge in [-0.05, 0) is 35.1 Å². The summed E-state index contributed by atoms with van der Waals surface area (Å²) in [5.41, 5.74) is 2.60. The first-order valence-corrected chi connectivity index (χ1v) is 9.58. The predicted molar refractivity (Wildman–Crippen MR) is 111 cm³/mol. The molecule has 0 saturated carbocycles. The van der Waals surface area contributed by atoms with Crippen molar-refractivity contribution in [3.05, 3.63) is 88.3 Å². The van der Waals surface area contributed by atoms with E-state index in [1.807, 2.05) is 42.5 Å². The van der Waals surface area contributed by atoms with Crippen molar-refractivity contribution < 1.29 is 9.15 Å². The first kappa shape index (κ1) is 17.0. The molecular weight excluding hydrogens is 350 g/mol. The fourth-order valence-electron chi connectivity index (χ4n) is 4.09. The molecule has 0 saturated heterocycles. The fraction of sp³-hybridized carbons (Fsp3) is 0.208. The average Bonchev–Trinajstić information content (AvgIpc) is 2.74. The number of benzene rings is 3. The molecule has 0 unspecified atom stereocenters. The highest BCUT2D eigenvalue weighted by Crippen LogP contribution is 2.35. The van der Waals surface area contributed by atoms with Crippen molar-refractivity contribution in [2.75, 3.05) is 13.3 Å². The van der Waals surface area contributed by atoms with Crippen LogP contribution in [-0.2, 0) is 6.54 Å². The Labute approximate surface area is 163 Å². The summed E-state index contributed by atoms with van der Waals surface area (Å²) in [6.07, 6.45) is 0. The van der Waals surface area contributed by atoms with Gasteiger partial charge in [-0.25, -0.2) is 4.79 Å². The van der Waals surface area contributed by atoms with Gasteiger partial charge >= 0.3 is 5.63 Å². The van der Waals surface area contributed by atoms with Crippen LogP contribution in [0.25, 0.3) is 21.7 Å². The second-order valence-electron chi connectivity index (χ2n) is 7.45. The molecule has 1 aliphatic rings. The fourth-order valence-corrected chi connectivity index (χ4v) is 4.09. The van der Waals surface area contributed by atoms with E-state index in [0.717, 1.165) is 28.6 Å². The van der Waals surface area contributed by atoms with Crippen molar-refractivity contribution in [3.63, 3.8) is 0 Å². The highest BCUT2D eigenvalue weighted by Gasteiger charge is 2.23. The summed E-state index contributed by atoms with van der Waals surface area (Å²) in [4.78, 5) is 14.8. The maximum absolute atomic E-state index is 12.5. The SMILES string of the molecule is C[C@H](CN1COc2ccc3c(oc(=O)c4ccccc43)c2C1)c1ccccc1. The van der Waals surface area contributed by atoms with Crippen LogP contribution in [0.5, 0.6) is 5.75 Å². The Bertz CT molecular complexity index is 1210. The minimum atomic E-state index is -0.300. The molecule has 0 spiro atoms. The van der Waals surface area contributed by atoms with E-state index in [-0.39, 0.29) is 5.63 Å². The van der Waals surface area contributed by atoms with Crippen molar-refractivity contribution in [2.24, 2.45) is 0 Å². The first-order chi connectivity index (χ1) is 13.7. The maximum atomic E-state index is 12.5. The number of hydrogen-bond donors (Lipinski definition) is 0. The molecule has 4 heteroatoms. The Hall–Kier alpha value is -3.11. The van der Waals surface area contributed by atoms with Crippen LogP contribution in [0.15, 0.2) is 75.9 Å². The lowest BCUT2D eigenvalue weighted by Crippen LogP contribution is -2.34. The van der Waals surface area contributed by atoms with Gasteiger partial charge in [-0.2, -0.15) is 0 Å². The second kappa shape index (κ2) is 6.80. The van der Waals surface area contributed by atoms with Gasteiger partial charge in [-0.15, -0.1) is 0 Å². The quantitative estimate of drug-likeness (QED) is 0.379. The molecule has 0 fully saturated rings. The molecule has 4 nitrogen and oxygen atoms in total. The van der Waals surface area contributed by atoms with Gasteiger partial charge in [0.05, 0.1) is 10.9 Å². The van der Waals surface area contributed by atoms with E-state index in [0.29, 0.717) is 30.2 Å². The van der Waals surface area contributed by atoms with E-state index < -0.39 is 0 Å². The van der Waals surface area contributed by atoms with Gasteiger partial charge < -0.3 is 9.15 Å². The number of hydrogen-bond acceptors (Lipinski definition) is 4. The Morgan fingerprint density at radius 3 is 2.50 bits per heavy atom. The van der Waals surface area contributed by atoms with Crippen LogP contribution in [0, 0.1) is 0 Å². The van der Waals surface area contributed by atoms with Crippen molar-refractivity contribution in [2.45, 2.75) is 19.4 Å². The lowest BCUT2D eigenvalue weighted by atomic mass is 9.99. The van der Waals surface area contributed by atoms with Crippen molar-refractivity contribution in [1.29, 1.82) is 0 Å². The van der Waals surface area contributed by atoms with Crippen LogP contribution >= 0.6 is 0 Å². The van der Waals surface area contributed by atoms with Crippen LogP contribution in [0.1, 0.15) is 24.0 Å².